The van der Waals surface area contributed by atoms with Gasteiger partial charge in [-0.05, 0) is 44.2 Å². The van der Waals surface area contributed by atoms with Gasteiger partial charge in [-0.25, -0.2) is 0 Å². The van der Waals surface area contributed by atoms with E-state index in [4.69, 9.17) is 10.00 Å². The zero-order chi connectivity index (χ0) is 20.3. The number of anilines is 2. The molecule has 3 amide bonds. The molecule has 28 heavy (non-hydrogen) atoms. The second kappa shape index (κ2) is 7.36. The van der Waals surface area contributed by atoms with Crippen molar-refractivity contribution in [1.82, 2.24) is 10.3 Å². The van der Waals surface area contributed by atoms with Crippen LogP contribution in [0.25, 0.3) is 0 Å². The van der Waals surface area contributed by atoms with Crippen molar-refractivity contribution in [2.24, 2.45) is 0 Å². The number of amides is 3. The molecule has 0 unspecified atom stereocenters. The van der Waals surface area contributed by atoms with E-state index in [1.807, 2.05) is 6.07 Å². The monoisotopic (exact) mass is 379 g/mol. The van der Waals surface area contributed by atoms with Crippen LogP contribution in [0.1, 0.15) is 34.7 Å². The molecular weight excluding hydrogens is 362 g/mol. The fourth-order valence-corrected chi connectivity index (χ4v) is 2.43. The first-order chi connectivity index (χ1) is 13.3. The molecule has 9 nitrogen and oxygen atoms in total. The fraction of sp³-hybridized carbons (Fsp3) is 0.211. The number of pyridine rings is 1. The van der Waals surface area contributed by atoms with E-state index in [1.165, 1.54) is 18.3 Å². The van der Waals surface area contributed by atoms with Gasteiger partial charge in [-0.2, -0.15) is 5.26 Å². The number of carbonyl (C=O) groups excluding carboxylic acids is 3. The molecule has 1 aromatic carbocycles. The largest absolute Gasteiger partial charge is 0.482 e. The van der Waals surface area contributed by atoms with Gasteiger partial charge in [-0.1, -0.05) is 0 Å². The highest BCUT2D eigenvalue weighted by molar-refractivity contribution is 6.06. The minimum Gasteiger partial charge on any atom is -0.482 e. The molecule has 0 spiro atoms. The number of hydrogen-bond acceptors (Lipinski definition) is 6. The summed E-state index contributed by atoms with van der Waals surface area (Å²) in [5.41, 5.74) is 0.208. The lowest BCUT2D eigenvalue weighted by atomic mass is 10.1. The summed E-state index contributed by atoms with van der Waals surface area (Å²) in [6.07, 6.45) is 1.38. The van der Waals surface area contributed by atoms with Gasteiger partial charge < -0.3 is 20.7 Å². The lowest BCUT2D eigenvalue weighted by molar-refractivity contribution is -0.118. The van der Waals surface area contributed by atoms with Crippen LogP contribution in [0.3, 0.4) is 0 Å². The SMILES string of the molecule is CC(C)(C#N)NC(=O)c1cc(NC(=O)c2ccc3c(c2)OCC(=O)N3)ccn1. The van der Waals surface area contributed by atoms with Gasteiger partial charge in [0.25, 0.3) is 17.7 Å². The van der Waals surface area contributed by atoms with E-state index in [9.17, 15) is 14.4 Å². The number of rotatable bonds is 4. The summed E-state index contributed by atoms with van der Waals surface area (Å²) in [4.78, 5) is 40.0. The van der Waals surface area contributed by atoms with E-state index >= 15 is 0 Å². The number of hydrogen-bond donors (Lipinski definition) is 3. The van der Waals surface area contributed by atoms with E-state index in [2.05, 4.69) is 20.9 Å². The zero-order valence-corrected chi connectivity index (χ0v) is 15.2. The highest BCUT2D eigenvalue weighted by Gasteiger charge is 2.22. The summed E-state index contributed by atoms with van der Waals surface area (Å²) in [5.74, 6) is -0.800. The molecule has 0 fully saturated rings. The Bertz CT molecular complexity index is 1010. The molecule has 3 N–H and O–H groups in total. The molecule has 9 heteroatoms. The Morgan fingerprint density at radius 1 is 1.25 bits per heavy atom. The highest BCUT2D eigenvalue weighted by atomic mass is 16.5. The number of aromatic nitrogens is 1. The number of nitrogens with one attached hydrogen (secondary N) is 3. The lowest BCUT2D eigenvalue weighted by Gasteiger charge is -2.18. The molecule has 1 aromatic heterocycles. The van der Waals surface area contributed by atoms with Gasteiger partial charge in [0.15, 0.2) is 6.61 Å². The molecule has 0 atom stereocenters. The third-order valence-corrected chi connectivity index (χ3v) is 3.83. The van der Waals surface area contributed by atoms with Crippen molar-refractivity contribution in [3.05, 3.63) is 47.8 Å². The standard InChI is InChI=1S/C19H17N5O4/c1-19(2,10-20)24-18(27)14-8-12(5-6-21-14)22-17(26)11-3-4-13-15(7-11)28-9-16(25)23-13/h3-8H,9H2,1-2H3,(H,23,25)(H,24,27)(H,21,22,26). The predicted octanol–water partition coefficient (Wildman–Crippen LogP) is 1.70. The maximum Gasteiger partial charge on any atom is 0.271 e. The van der Waals surface area contributed by atoms with E-state index in [0.29, 0.717) is 22.7 Å². The van der Waals surface area contributed by atoms with Gasteiger partial charge in [0, 0.05) is 17.4 Å². The average molecular weight is 379 g/mol. The van der Waals surface area contributed by atoms with Crippen LogP contribution in [0.2, 0.25) is 0 Å². The molecule has 1 aliphatic heterocycles. The van der Waals surface area contributed by atoms with Crippen molar-refractivity contribution in [2.75, 3.05) is 17.2 Å². The van der Waals surface area contributed by atoms with Gasteiger partial charge in [0.2, 0.25) is 0 Å². The molecule has 0 saturated heterocycles. The fourth-order valence-electron chi connectivity index (χ4n) is 2.43. The van der Waals surface area contributed by atoms with Crippen LogP contribution >= 0.6 is 0 Å². The Labute approximate surface area is 160 Å². The second-order valence-corrected chi connectivity index (χ2v) is 6.62. The Kier molecular flexibility index (Phi) is 4.96. The number of nitriles is 1. The van der Waals surface area contributed by atoms with Gasteiger partial charge >= 0.3 is 0 Å². The van der Waals surface area contributed by atoms with Crippen molar-refractivity contribution < 1.29 is 19.1 Å². The second-order valence-electron chi connectivity index (χ2n) is 6.62. The number of benzene rings is 1. The van der Waals surface area contributed by atoms with Crippen LogP contribution in [-0.4, -0.2) is 34.9 Å². The summed E-state index contributed by atoms with van der Waals surface area (Å²) in [5, 5.41) is 16.9. The van der Waals surface area contributed by atoms with E-state index in [-0.39, 0.29) is 18.2 Å². The Hall–Kier alpha value is -3.93. The molecule has 142 valence electrons. The van der Waals surface area contributed by atoms with Crippen LogP contribution in [-0.2, 0) is 4.79 Å². The summed E-state index contributed by atoms with van der Waals surface area (Å²) in [7, 11) is 0. The van der Waals surface area contributed by atoms with Crippen molar-refractivity contribution in [2.45, 2.75) is 19.4 Å². The quantitative estimate of drug-likeness (QED) is 0.740. The number of nitrogens with zero attached hydrogens (tertiary/aromatic N) is 2. The van der Waals surface area contributed by atoms with Crippen LogP contribution in [0.4, 0.5) is 11.4 Å². The smallest absolute Gasteiger partial charge is 0.271 e. The lowest BCUT2D eigenvalue weighted by Crippen LogP contribution is -2.42. The van der Waals surface area contributed by atoms with Gasteiger partial charge in [0.05, 0.1) is 11.8 Å². The maximum atomic E-state index is 12.5. The molecule has 0 aliphatic carbocycles. The van der Waals surface area contributed by atoms with Crippen molar-refractivity contribution in [3.63, 3.8) is 0 Å². The first-order valence-corrected chi connectivity index (χ1v) is 8.35. The molecular formula is C19H17N5O4. The predicted molar refractivity (Wildman–Crippen MR) is 99.9 cm³/mol. The van der Waals surface area contributed by atoms with E-state index in [1.54, 1.807) is 32.0 Å². The number of ether oxygens (including phenoxy) is 1. The minimum absolute atomic E-state index is 0.0672. The van der Waals surface area contributed by atoms with E-state index in [0.717, 1.165) is 0 Å². The molecule has 3 rings (SSSR count). The third-order valence-electron chi connectivity index (χ3n) is 3.83. The van der Waals surface area contributed by atoms with Gasteiger partial charge in [-0.15, -0.1) is 0 Å². The van der Waals surface area contributed by atoms with E-state index < -0.39 is 17.4 Å². The van der Waals surface area contributed by atoms with Crippen LogP contribution in [0, 0.1) is 11.3 Å². The first-order valence-electron chi connectivity index (χ1n) is 8.35. The maximum absolute atomic E-state index is 12.5. The molecule has 2 aromatic rings. The van der Waals surface area contributed by atoms with Crippen LogP contribution < -0.4 is 20.7 Å². The molecule has 0 saturated carbocycles. The Balaban J connectivity index is 1.74. The average Bonchev–Trinajstić information content (AvgIpc) is 2.67. The highest BCUT2D eigenvalue weighted by Crippen LogP contribution is 2.28. The number of fused-ring (bicyclic) bond motifs is 1. The Morgan fingerprint density at radius 3 is 2.79 bits per heavy atom. The molecule has 0 radical (unpaired) electrons. The number of carbonyl (C=O) groups is 3. The summed E-state index contributed by atoms with van der Waals surface area (Å²) >= 11 is 0. The minimum atomic E-state index is -1.05. The molecule has 2 heterocycles. The normalized spacial score (nSPS) is 12.7. The zero-order valence-electron chi connectivity index (χ0n) is 15.2. The van der Waals surface area contributed by atoms with Crippen molar-refractivity contribution >= 4 is 29.1 Å². The van der Waals surface area contributed by atoms with Gasteiger partial charge in [0.1, 0.15) is 17.0 Å². The Morgan fingerprint density at radius 2 is 2.04 bits per heavy atom. The summed E-state index contributed by atoms with van der Waals surface area (Å²) in [6, 6.07) is 9.58. The third kappa shape index (κ3) is 4.24. The summed E-state index contributed by atoms with van der Waals surface area (Å²) in [6.45, 7) is 3.02. The van der Waals surface area contributed by atoms with Crippen LogP contribution in [0.15, 0.2) is 36.5 Å². The van der Waals surface area contributed by atoms with Crippen molar-refractivity contribution in [3.8, 4) is 11.8 Å². The van der Waals surface area contributed by atoms with Crippen molar-refractivity contribution in [1.29, 1.82) is 5.26 Å². The van der Waals surface area contributed by atoms with Crippen LogP contribution in [0.5, 0.6) is 5.75 Å². The van der Waals surface area contributed by atoms with Gasteiger partial charge in [-0.3, -0.25) is 19.4 Å². The molecule has 0 bridgehead atoms. The topological polar surface area (TPSA) is 133 Å². The first kappa shape index (κ1) is 18.8. The summed E-state index contributed by atoms with van der Waals surface area (Å²) < 4.78 is 5.30. The molecule has 1 aliphatic rings.